The van der Waals surface area contributed by atoms with E-state index in [1.165, 1.54) is 0 Å². The molecule has 7 nitrogen and oxygen atoms in total. The summed E-state index contributed by atoms with van der Waals surface area (Å²) in [7, 11) is 0. The Labute approximate surface area is 138 Å². The van der Waals surface area contributed by atoms with Crippen LogP contribution in [-0.2, 0) is 14.3 Å². The van der Waals surface area contributed by atoms with Crippen molar-refractivity contribution in [1.29, 1.82) is 0 Å². The Balaban J connectivity index is 1.68. The number of amides is 2. The van der Waals surface area contributed by atoms with E-state index in [4.69, 9.17) is 4.74 Å². The van der Waals surface area contributed by atoms with E-state index in [1.54, 1.807) is 0 Å². The molecule has 132 valence electrons. The van der Waals surface area contributed by atoms with Gasteiger partial charge >= 0.3 is 0 Å². The number of piperidine rings is 1. The second kappa shape index (κ2) is 9.20. The zero-order valence-corrected chi connectivity index (χ0v) is 14.3. The van der Waals surface area contributed by atoms with Crippen LogP contribution in [0, 0.1) is 0 Å². The van der Waals surface area contributed by atoms with Crippen LogP contribution in [0.4, 0.5) is 0 Å². The Kier molecular flexibility index (Phi) is 7.26. The van der Waals surface area contributed by atoms with Crippen LogP contribution in [0.1, 0.15) is 33.1 Å². The fourth-order valence-corrected chi connectivity index (χ4v) is 3.08. The molecule has 0 aromatic carbocycles. The van der Waals surface area contributed by atoms with E-state index in [2.05, 4.69) is 20.9 Å². The van der Waals surface area contributed by atoms with Crippen LogP contribution in [0.2, 0.25) is 0 Å². The quantitative estimate of drug-likeness (QED) is 0.611. The molecule has 2 fully saturated rings. The number of likely N-dealkylation sites (tertiary alicyclic amines) is 1. The van der Waals surface area contributed by atoms with E-state index in [9.17, 15) is 9.59 Å². The van der Waals surface area contributed by atoms with Crippen molar-refractivity contribution in [3.8, 4) is 0 Å². The Morgan fingerprint density at radius 1 is 1.30 bits per heavy atom. The fourth-order valence-electron chi connectivity index (χ4n) is 3.08. The first kappa shape index (κ1) is 18.2. The molecule has 0 radical (unpaired) electrons. The van der Waals surface area contributed by atoms with Crippen molar-refractivity contribution in [3.63, 3.8) is 0 Å². The summed E-state index contributed by atoms with van der Waals surface area (Å²) in [6.45, 7) is 8.21. The lowest BCUT2D eigenvalue weighted by atomic mass is 10.0. The molecule has 0 saturated carbocycles. The predicted molar refractivity (Wildman–Crippen MR) is 88.1 cm³/mol. The summed E-state index contributed by atoms with van der Waals surface area (Å²) in [6.07, 6.45) is 2.63. The minimum absolute atomic E-state index is 0.0244. The molecular weight excluding hydrogens is 296 g/mol. The van der Waals surface area contributed by atoms with Gasteiger partial charge in [-0.15, -0.1) is 0 Å². The van der Waals surface area contributed by atoms with Gasteiger partial charge in [0, 0.05) is 32.2 Å². The van der Waals surface area contributed by atoms with Gasteiger partial charge in [0.25, 0.3) is 0 Å². The monoisotopic (exact) mass is 326 g/mol. The standard InChI is InChI=1S/C16H30N4O3/c1-3-6-17-14(21)11-20-8-4-13(5-9-20)19-16(22)15-12(2)23-10-7-18-15/h12-13,15,18H,3-11H2,1-2H3,(H,17,21)(H,19,22)/t12-,15+/m1/s1. The first-order valence-electron chi connectivity index (χ1n) is 8.74. The second-order valence-electron chi connectivity index (χ2n) is 6.42. The van der Waals surface area contributed by atoms with E-state index in [0.717, 1.165) is 38.9 Å². The summed E-state index contributed by atoms with van der Waals surface area (Å²) in [6, 6.07) is -0.0741. The maximum absolute atomic E-state index is 12.3. The summed E-state index contributed by atoms with van der Waals surface area (Å²) >= 11 is 0. The molecule has 2 heterocycles. The van der Waals surface area contributed by atoms with Crippen LogP contribution in [0.15, 0.2) is 0 Å². The van der Waals surface area contributed by atoms with Crippen molar-refractivity contribution in [2.45, 2.75) is 51.3 Å². The van der Waals surface area contributed by atoms with E-state index in [1.807, 2.05) is 13.8 Å². The van der Waals surface area contributed by atoms with Crippen molar-refractivity contribution in [1.82, 2.24) is 20.9 Å². The molecule has 0 aromatic rings. The van der Waals surface area contributed by atoms with Crippen LogP contribution in [0.3, 0.4) is 0 Å². The molecule has 0 aromatic heterocycles. The zero-order valence-electron chi connectivity index (χ0n) is 14.3. The number of nitrogens with zero attached hydrogens (tertiary/aromatic N) is 1. The van der Waals surface area contributed by atoms with Crippen LogP contribution in [0.25, 0.3) is 0 Å². The van der Waals surface area contributed by atoms with E-state index >= 15 is 0 Å². The lowest BCUT2D eigenvalue weighted by Crippen LogP contribution is -2.58. The Hall–Kier alpha value is -1.18. The molecule has 2 saturated heterocycles. The van der Waals surface area contributed by atoms with Gasteiger partial charge in [-0.3, -0.25) is 14.5 Å². The van der Waals surface area contributed by atoms with E-state index in [0.29, 0.717) is 19.7 Å². The van der Waals surface area contributed by atoms with Crippen LogP contribution < -0.4 is 16.0 Å². The predicted octanol–water partition coefficient (Wildman–Crippen LogP) is -0.530. The Morgan fingerprint density at radius 3 is 2.70 bits per heavy atom. The second-order valence-corrected chi connectivity index (χ2v) is 6.42. The first-order valence-corrected chi connectivity index (χ1v) is 8.74. The average Bonchev–Trinajstić information content (AvgIpc) is 2.55. The van der Waals surface area contributed by atoms with E-state index < -0.39 is 0 Å². The molecule has 3 N–H and O–H groups in total. The third-order valence-electron chi connectivity index (χ3n) is 4.47. The summed E-state index contributed by atoms with van der Waals surface area (Å²) in [4.78, 5) is 26.2. The Morgan fingerprint density at radius 2 is 2.04 bits per heavy atom. The number of hydrogen-bond acceptors (Lipinski definition) is 5. The fraction of sp³-hybridized carbons (Fsp3) is 0.875. The van der Waals surface area contributed by atoms with Gasteiger partial charge in [-0.2, -0.15) is 0 Å². The van der Waals surface area contributed by atoms with Crippen LogP contribution in [0.5, 0.6) is 0 Å². The number of hydrogen-bond donors (Lipinski definition) is 3. The maximum atomic E-state index is 12.3. The molecule has 23 heavy (non-hydrogen) atoms. The largest absolute Gasteiger partial charge is 0.375 e. The third kappa shape index (κ3) is 5.75. The molecular formula is C16H30N4O3. The lowest BCUT2D eigenvalue weighted by molar-refractivity contribution is -0.130. The van der Waals surface area contributed by atoms with Crippen molar-refractivity contribution >= 4 is 11.8 Å². The van der Waals surface area contributed by atoms with Gasteiger partial charge in [-0.05, 0) is 26.2 Å². The normalized spacial score (nSPS) is 26.7. The highest BCUT2D eigenvalue weighted by molar-refractivity contribution is 5.82. The van der Waals surface area contributed by atoms with Crippen LogP contribution >= 0.6 is 0 Å². The van der Waals surface area contributed by atoms with Crippen LogP contribution in [-0.4, -0.2) is 74.2 Å². The highest BCUT2D eigenvalue weighted by Gasteiger charge is 2.30. The molecule has 2 rings (SSSR count). The molecule has 0 aliphatic carbocycles. The molecule has 2 aliphatic heterocycles. The number of carbonyl (C=O) groups excluding carboxylic acids is 2. The molecule has 0 spiro atoms. The molecule has 7 heteroatoms. The minimum Gasteiger partial charge on any atom is -0.375 e. The molecule has 2 atom stereocenters. The van der Waals surface area contributed by atoms with Gasteiger partial charge < -0.3 is 20.7 Å². The zero-order chi connectivity index (χ0) is 16.7. The van der Waals surface area contributed by atoms with Gasteiger partial charge in [-0.1, -0.05) is 6.92 Å². The topological polar surface area (TPSA) is 82.7 Å². The summed E-state index contributed by atoms with van der Waals surface area (Å²) in [5.41, 5.74) is 0. The lowest BCUT2D eigenvalue weighted by Gasteiger charge is -2.34. The summed E-state index contributed by atoms with van der Waals surface area (Å²) in [5.74, 6) is 0.114. The third-order valence-corrected chi connectivity index (χ3v) is 4.47. The highest BCUT2D eigenvalue weighted by Crippen LogP contribution is 2.11. The molecule has 0 unspecified atom stereocenters. The van der Waals surface area contributed by atoms with Crippen molar-refractivity contribution in [2.75, 3.05) is 39.3 Å². The van der Waals surface area contributed by atoms with Crippen molar-refractivity contribution in [3.05, 3.63) is 0 Å². The highest BCUT2D eigenvalue weighted by atomic mass is 16.5. The van der Waals surface area contributed by atoms with Gasteiger partial charge in [0.05, 0.1) is 19.3 Å². The van der Waals surface area contributed by atoms with E-state index in [-0.39, 0.29) is 30.0 Å². The van der Waals surface area contributed by atoms with Crippen molar-refractivity contribution in [2.24, 2.45) is 0 Å². The molecule has 2 amide bonds. The first-order chi connectivity index (χ1) is 11.1. The van der Waals surface area contributed by atoms with Crippen molar-refractivity contribution < 1.29 is 14.3 Å². The number of ether oxygens (including phenoxy) is 1. The van der Waals surface area contributed by atoms with Gasteiger partial charge in [0.1, 0.15) is 6.04 Å². The summed E-state index contributed by atoms with van der Waals surface area (Å²) in [5, 5.41) is 9.23. The molecule has 0 bridgehead atoms. The SMILES string of the molecule is CCCNC(=O)CN1CCC(NC(=O)[C@H]2NCCO[C@@H]2C)CC1. The Bertz CT molecular complexity index is 397. The minimum atomic E-state index is -0.262. The summed E-state index contributed by atoms with van der Waals surface area (Å²) < 4.78 is 5.52. The number of carbonyl (C=O) groups is 2. The number of morpholine rings is 1. The molecule has 2 aliphatic rings. The van der Waals surface area contributed by atoms with Gasteiger partial charge in [0.2, 0.25) is 11.8 Å². The maximum Gasteiger partial charge on any atom is 0.240 e. The van der Waals surface area contributed by atoms with Gasteiger partial charge in [-0.25, -0.2) is 0 Å². The average molecular weight is 326 g/mol. The smallest absolute Gasteiger partial charge is 0.240 e. The van der Waals surface area contributed by atoms with Gasteiger partial charge in [0.15, 0.2) is 0 Å². The number of nitrogens with one attached hydrogen (secondary N) is 3. The number of rotatable bonds is 6.